The molecule has 1 aliphatic rings. The van der Waals surface area contributed by atoms with Gasteiger partial charge in [-0.15, -0.1) is 0 Å². The summed E-state index contributed by atoms with van der Waals surface area (Å²) < 4.78 is 28.5. The van der Waals surface area contributed by atoms with Gasteiger partial charge in [0.05, 0.1) is 6.61 Å². The van der Waals surface area contributed by atoms with Gasteiger partial charge in [0.2, 0.25) is 0 Å². The van der Waals surface area contributed by atoms with Gasteiger partial charge in [-0.25, -0.2) is 4.79 Å². The second kappa shape index (κ2) is 52.2. The standard InChI is InChI=1S/C63H116O12/c1-4-7-10-13-16-19-22-24-26-27-28-29-31-32-35-37-40-43-46-49-55(64)71-52-54(73-56(65)50-47-44-41-39-36-33-30-25-23-20-17-14-11-8-5-2)53-72-63-61(59(68)58(67)60(75-63)62(69)70)74-57(66)51-48-45-42-38-34-21-18-15-12-9-6-3/h25,30,54,58-61,63,67-68H,4-24,26-29,31-53H2,1-3H3,(H,69,70)/b30-25-. The number of aliphatic hydroxyl groups excluding tert-OH is 2. The number of ether oxygens (including phenoxy) is 5. The molecule has 0 aromatic carbocycles. The predicted octanol–water partition coefficient (Wildman–Crippen LogP) is 16.5. The Balaban J connectivity index is 2.63. The molecule has 1 heterocycles. The van der Waals surface area contributed by atoms with Crippen LogP contribution in [0.25, 0.3) is 0 Å². The molecule has 1 rings (SSSR count). The van der Waals surface area contributed by atoms with Crippen LogP contribution in [0.5, 0.6) is 0 Å². The van der Waals surface area contributed by atoms with Gasteiger partial charge in [-0.05, 0) is 44.9 Å². The van der Waals surface area contributed by atoms with Crippen LogP contribution in [0.4, 0.5) is 0 Å². The second-order valence-electron chi connectivity index (χ2n) is 22.1. The number of carboxylic acid groups (broad SMARTS) is 1. The zero-order valence-electron chi connectivity index (χ0n) is 48.6. The van der Waals surface area contributed by atoms with Crippen molar-refractivity contribution >= 4 is 23.9 Å². The normalized spacial score (nSPS) is 18.1. The lowest BCUT2D eigenvalue weighted by Gasteiger charge is -2.40. The first-order valence-electron chi connectivity index (χ1n) is 31.7. The molecule has 12 nitrogen and oxygen atoms in total. The Labute approximate surface area is 458 Å². The molecule has 0 radical (unpaired) electrons. The maximum Gasteiger partial charge on any atom is 0.335 e. The van der Waals surface area contributed by atoms with Crippen LogP contribution in [0.3, 0.4) is 0 Å². The zero-order valence-corrected chi connectivity index (χ0v) is 48.6. The number of esters is 3. The molecule has 0 aromatic heterocycles. The number of carboxylic acids is 1. The summed E-state index contributed by atoms with van der Waals surface area (Å²) in [7, 11) is 0. The van der Waals surface area contributed by atoms with Crippen molar-refractivity contribution in [1.29, 1.82) is 0 Å². The Morgan fingerprint density at radius 1 is 0.427 bits per heavy atom. The van der Waals surface area contributed by atoms with Crippen LogP contribution in [-0.4, -0.2) is 89.2 Å². The highest BCUT2D eigenvalue weighted by atomic mass is 16.7. The number of hydrogen-bond acceptors (Lipinski definition) is 11. The van der Waals surface area contributed by atoms with Crippen LogP contribution in [0.1, 0.15) is 316 Å². The second-order valence-corrected chi connectivity index (χ2v) is 22.1. The van der Waals surface area contributed by atoms with Crippen molar-refractivity contribution < 1.29 is 58.2 Å². The maximum atomic E-state index is 13.2. The third-order valence-corrected chi connectivity index (χ3v) is 14.8. The number of hydrogen-bond donors (Lipinski definition) is 3. The quantitative estimate of drug-likeness (QED) is 0.0228. The molecule has 12 heteroatoms. The predicted molar refractivity (Wildman–Crippen MR) is 304 cm³/mol. The van der Waals surface area contributed by atoms with E-state index in [2.05, 4.69) is 32.9 Å². The van der Waals surface area contributed by atoms with Crippen LogP contribution >= 0.6 is 0 Å². The Kier molecular flexibility index (Phi) is 49.0. The number of carbonyl (C=O) groups is 4. The summed E-state index contributed by atoms with van der Waals surface area (Å²) in [6.07, 6.45) is 46.1. The highest BCUT2D eigenvalue weighted by Gasteiger charge is 2.50. The summed E-state index contributed by atoms with van der Waals surface area (Å²) in [4.78, 5) is 51.1. The summed E-state index contributed by atoms with van der Waals surface area (Å²) >= 11 is 0. The lowest BCUT2D eigenvalue weighted by molar-refractivity contribution is -0.301. The Bertz CT molecular complexity index is 1360. The third-order valence-electron chi connectivity index (χ3n) is 14.8. The number of carbonyl (C=O) groups excluding carboxylic acids is 3. The zero-order chi connectivity index (χ0) is 54.7. The van der Waals surface area contributed by atoms with Gasteiger partial charge < -0.3 is 39.0 Å². The van der Waals surface area contributed by atoms with Crippen molar-refractivity contribution in [1.82, 2.24) is 0 Å². The molecular weight excluding hydrogens is 949 g/mol. The van der Waals surface area contributed by atoms with Crippen molar-refractivity contribution in [3.05, 3.63) is 12.2 Å². The fourth-order valence-electron chi connectivity index (χ4n) is 9.95. The Morgan fingerprint density at radius 3 is 1.13 bits per heavy atom. The fraction of sp³-hybridized carbons (Fsp3) is 0.905. The fourth-order valence-corrected chi connectivity index (χ4v) is 9.95. The minimum atomic E-state index is -1.90. The van der Waals surface area contributed by atoms with Crippen LogP contribution < -0.4 is 0 Å². The van der Waals surface area contributed by atoms with Gasteiger partial charge in [0.1, 0.15) is 18.8 Å². The van der Waals surface area contributed by atoms with Crippen LogP contribution in [0.2, 0.25) is 0 Å². The lowest BCUT2D eigenvalue weighted by atomic mass is 9.98. The molecule has 3 N–H and O–H groups in total. The molecule has 6 atom stereocenters. The number of allylic oxidation sites excluding steroid dienone is 2. The Hall–Kier alpha value is -2.54. The van der Waals surface area contributed by atoms with Crippen LogP contribution in [-0.2, 0) is 42.9 Å². The van der Waals surface area contributed by atoms with Gasteiger partial charge in [-0.3, -0.25) is 14.4 Å². The molecular formula is C63H116O12. The van der Waals surface area contributed by atoms with E-state index in [4.69, 9.17) is 23.7 Å². The minimum absolute atomic E-state index is 0.0669. The van der Waals surface area contributed by atoms with E-state index in [1.54, 1.807) is 0 Å². The highest BCUT2D eigenvalue weighted by molar-refractivity contribution is 5.74. The van der Waals surface area contributed by atoms with Crippen molar-refractivity contribution in [2.24, 2.45) is 0 Å². The van der Waals surface area contributed by atoms with E-state index >= 15 is 0 Å². The number of aliphatic carboxylic acids is 1. The van der Waals surface area contributed by atoms with Gasteiger partial charge in [-0.1, -0.05) is 264 Å². The van der Waals surface area contributed by atoms with Crippen molar-refractivity contribution in [3.8, 4) is 0 Å². The maximum absolute atomic E-state index is 13.2. The summed E-state index contributed by atoms with van der Waals surface area (Å²) in [6.45, 7) is 6.02. The number of unbranched alkanes of at least 4 members (excludes halogenated alkanes) is 39. The Morgan fingerprint density at radius 2 is 0.760 bits per heavy atom. The van der Waals surface area contributed by atoms with E-state index in [1.165, 1.54) is 173 Å². The van der Waals surface area contributed by atoms with E-state index in [0.717, 1.165) is 83.5 Å². The molecule has 75 heavy (non-hydrogen) atoms. The van der Waals surface area contributed by atoms with Crippen molar-refractivity contribution in [2.45, 2.75) is 353 Å². The molecule has 1 aliphatic heterocycles. The van der Waals surface area contributed by atoms with Gasteiger partial charge in [0.25, 0.3) is 0 Å². The molecule has 0 aromatic rings. The van der Waals surface area contributed by atoms with Crippen LogP contribution in [0.15, 0.2) is 12.2 Å². The van der Waals surface area contributed by atoms with Gasteiger partial charge in [0.15, 0.2) is 24.6 Å². The topological polar surface area (TPSA) is 175 Å². The van der Waals surface area contributed by atoms with E-state index in [0.29, 0.717) is 19.3 Å². The summed E-state index contributed by atoms with van der Waals surface area (Å²) in [5.74, 6) is -3.09. The van der Waals surface area contributed by atoms with E-state index in [-0.39, 0.29) is 25.9 Å². The molecule has 1 saturated heterocycles. The molecule has 0 amide bonds. The average Bonchev–Trinajstić information content (AvgIpc) is 3.39. The molecule has 0 saturated carbocycles. The molecule has 6 unspecified atom stereocenters. The van der Waals surface area contributed by atoms with Crippen molar-refractivity contribution in [3.63, 3.8) is 0 Å². The average molecular weight is 1070 g/mol. The SMILES string of the molecule is CCCCCCCC/C=C\CCCCCCCC(=O)OC(COC(=O)CCCCCCCCCCCCCCCCCCCCC)COC1OC(C(=O)O)C(O)C(O)C1OC(=O)CCCCCCCCCCCCC. The molecule has 0 spiro atoms. The van der Waals surface area contributed by atoms with E-state index in [9.17, 15) is 34.5 Å². The van der Waals surface area contributed by atoms with Gasteiger partial charge >= 0.3 is 23.9 Å². The van der Waals surface area contributed by atoms with Crippen LogP contribution in [0, 0.1) is 0 Å². The number of rotatable bonds is 55. The molecule has 0 aliphatic carbocycles. The first-order chi connectivity index (χ1) is 36.6. The number of aliphatic hydroxyl groups is 2. The van der Waals surface area contributed by atoms with Gasteiger partial charge in [-0.2, -0.15) is 0 Å². The minimum Gasteiger partial charge on any atom is -0.479 e. The summed E-state index contributed by atoms with van der Waals surface area (Å²) in [5, 5.41) is 31.5. The summed E-state index contributed by atoms with van der Waals surface area (Å²) in [5.41, 5.74) is 0. The summed E-state index contributed by atoms with van der Waals surface area (Å²) in [6, 6.07) is 0. The smallest absolute Gasteiger partial charge is 0.335 e. The monoisotopic (exact) mass is 1060 g/mol. The first kappa shape index (κ1) is 70.5. The lowest BCUT2D eigenvalue weighted by Crippen LogP contribution is -2.61. The first-order valence-corrected chi connectivity index (χ1v) is 31.7. The van der Waals surface area contributed by atoms with E-state index < -0.39 is 67.3 Å². The largest absolute Gasteiger partial charge is 0.479 e. The van der Waals surface area contributed by atoms with Gasteiger partial charge in [0, 0.05) is 19.3 Å². The van der Waals surface area contributed by atoms with Crippen molar-refractivity contribution in [2.75, 3.05) is 13.2 Å². The molecule has 440 valence electrons. The molecule has 0 bridgehead atoms. The highest BCUT2D eigenvalue weighted by Crippen LogP contribution is 2.27. The van der Waals surface area contributed by atoms with E-state index in [1.807, 2.05) is 0 Å². The molecule has 1 fully saturated rings. The third kappa shape index (κ3) is 42.1.